The number of nitrogens with one attached hydrogen (secondary N) is 1. The van der Waals surface area contributed by atoms with Crippen LogP contribution in [0.25, 0.3) is 0 Å². The standard InChI is InChI=1S/C27H32N2O5/c1-6-17-27(7-2)23(31)29(25(32)28-18-19-11-9-8-10-12-19)24(27)33-21-15-13-20(14-16-21)22(30)34-26(3,4)5/h6,8-16,24H,1,7,17-18H2,2-5H3,(H,28,32)/t24-,27-/m0/s1. The second-order valence-electron chi connectivity index (χ2n) is 9.32. The Balaban J connectivity index is 1.77. The van der Waals surface area contributed by atoms with Crippen LogP contribution < -0.4 is 10.1 Å². The van der Waals surface area contributed by atoms with E-state index >= 15 is 0 Å². The molecule has 1 aliphatic heterocycles. The molecule has 7 heteroatoms. The number of β-lactam (4-membered cyclic amide) rings is 1. The summed E-state index contributed by atoms with van der Waals surface area (Å²) in [5.74, 6) is -0.294. The molecule has 1 aliphatic rings. The molecular weight excluding hydrogens is 432 g/mol. The number of likely N-dealkylation sites (tertiary alicyclic amines) is 1. The lowest BCUT2D eigenvalue weighted by molar-refractivity contribution is -0.189. The summed E-state index contributed by atoms with van der Waals surface area (Å²) < 4.78 is 11.5. The van der Waals surface area contributed by atoms with Crippen molar-refractivity contribution in [2.24, 2.45) is 5.41 Å². The zero-order chi connectivity index (χ0) is 24.9. The Morgan fingerprint density at radius 1 is 1.12 bits per heavy atom. The molecular formula is C27H32N2O5. The van der Waals surface area contributed by atoms with Gasteiger partial charge in [-0.25, -0.2) is 14.5 Å². The van der Waals surface area contributed by atoms with Crippen molar-refractivity contribution in [3.63, 3.8) is 0 Å². The first-order chi connectivity index (χ1) is 16.1. The molecule has 0 bridgehead atoms. The van der Waals surface area contributed by atoms with Crippen molar-refractivity contribution in [3.8, 4) is 5.75 Å². The van der Waals surface area contributed by atoms with Crippen LogP contribution in [0.2, 0.25) is 0 Å². The van der Waals surface area contributed by atoms with Crippen LogP contribution >= 0.6 is 0 Å². The quantitative estimate of drug-likeness (QED) is 0.335. The average molecular weight is 465 g/mol. The van der Waals surface area contributed by atoms with Crippen molar-refractivity contribution < 1.29 is 23.9 Å². The Kier molecular flexibility index (Phi) is 7.44. The molecule has 1 N–H and O–H groups in total. The molecule has 7 nitrogen and oxygen atoms in total. The number of esters is 1. The number of urea groups is 1. The maximum Gasteiger partial charge on any atom is 0.338 e. The van der Waals surface area contributed by atoms with Gasteiger partial charge in [-0.05, 0) is 63.4 Å². The molecule has 2 aromatic carbocycles. The highest BCUT2D eigenvalue weighted by Gasteiger charge is 2.63. The Morgan fingerprint density at radius 2 is 1.76 bits per heavy atom. The third-order valence-electron chi connectivity index (χ3n) is 5.73. The van der Waals surface area contributed by atoms with Gasteiger partial charge in [0, 0.05) is 6.54 Å². The van der Waals surface area contributed by atoms with E-state index in [2.05, 4.69) is 11.9 Å². The number of ether oxygens (including phenoxy) is 2. The minimum atomic E-state index is -0.879. The average Bonchev–Trinajstić information content (AvgIpc) is 2.80. The van der Waals surface area contributed by atoms with Crippen LogP contribution in [0, 0.1) is 5.41 Å². The summed E-state index contributed by atoms with van der Waals surface area (Å²) >= 11 is 0. The molecule has 2 aromatic rings. The number of hydrogen-bond acceptors (Lipinski definition) is 5. The summed E-state index contributed by atoms with van der Waals surface area (Å²) in [6.07, 6.45) is 1.74. The largest absolute Gasteiger partial charge is 0.469 e. The maximum atomic E-state index is 13.1. The van der Waals surface area contributed by atoms with Gasteiger partial charge in [0.15, 0.2) is 6.23 Å². The van der Waals surface area contributed by atoms with Crippen molar-refractivity contribution in [1.29, 1.82) is 0 Å². The van der Waals surface area contributed by atoms with Crippen molar-refractivity contribution in [2.45, 2.75) is 58.9 Å². The molecule has 0 aliphatic carbocycles. The molecule has 0 spiro atoms. The van der Waals surface area contributed by atoms with E-state index in [1.807, 2.05) is 37.3 Å². The monoisotopic (exact) mass is 464 g/mol. The smallest absolute Gasteiger partial charge is 0.338 e. The van der Waals surface area contributed by atoms with Gasteiger partial charge in [0.1, 0.15) is 16.8 Å². The molecule has 3 rings (SSSR count). The molecule has 180 valence electrons. The summed E-state index contributed by atoms with van der Waals surface area (Å²) in [5, 5.41) is 2.80. The highest BCUT2D eigenvalue weighted by atomic mass is 16.6. The SMILES string of the molecule is C=CC[C@@]1(CC)C(=O)N(C(=O)NCc2ccccc2)[C@H]1Oc1ccc(C(=O)OC(C)(C)C)cc1. The number of carbonyl (C=O) groups is 3. The number of rotatable bonds is 8. The molecule has 1 saturated heterocycles. The summed E-state index contributed by atoms with van der Waals surface area (Å²) in [6, 6.07) is 15.4. The number of nitrogens with zero attached hydrogens (tertiary/aromatic N) is 1. The van der Waals surface area contributed by atoms with E-state index in [4.69, 9.17) is 9.47 Å². The highest BCUT2D eigenvalue weighted by Crippen LogP contribution is 2.46. The molecule has 3 amide bonds. The second-order valence-corrected chi connectivity index (χ2v) is 9.32. The van der Waals surface area contributed by atoms with E-state index in [9.17, 15) is 14.4 Å². The number of imide groups is 1. The minimum Gasteiger partial charge on any atom is -0.469 e. The Hall–Kier alpha value is -3.61. The van der Waals surface area contributed by atoms with Gasteiger partial charge >= 0.3 is 12.0 Å². The van der Waals surface area contributed by atoms with Crippen LogP contribution in [0.1, 0.15) is 56.5 Å². The van der Waals surface area contributed by atoms with E-state index in [0.717, 1.165) is 10.5 Å². The van der Waals surface area contributed by atoms with Gasteiger partial charge in [-0.3, -0.25) is 4.79 Å². The number of hydrogen-bond donors (Lipinski definition) is 1. The van der Waals surface area contributed by atoms with E-state index in [1.54, 1.807) is 51.1 Å². The molecule has 0 unspecified atom stereocenters. The normalized spacial score (nSPS) is 19.7. The lowest BCUT2D eigenvalue weighted by Gasteiger charge is -2.53. The number of carbonyl (C=O) groups excluding carboxylic acids is 3. The van der Waals surface area contributed by atoms with E-state index in [0.29, 0.717) is 30.7 Å². The first-order valence-corrected chi connectivity index (χ1v) is 11.4. The zero-order valence-corrected chi connectivity index (χ0v) is 20.2. The highest BCUT2D eigenvalue weighted by molar-refractivity contribution is 6.03. The predicted octanol–water partition coefficient (Wildman–Crippen LogP) is 5.07. The van der Waals surface area contributed by atoms with Crippen LogP contribution in [-0.2, 0) is 16.1 Å². The fraction of sp³-hybridized carbons (Fsp3) is 0.370. The van der Waals surface area contributed by atoms with E-state index in [-0.39, 0.29) is 5.91 Å². The van der Waals surface area contributed by atoms with Crippen molar-refractivity contribution in [2.75, 3.05) is 0 Å². The van der Waals surface area contributed by atoms with Gasteiger partial charge in [-0.1, -0.05) is 43.3 Å². The maximum absolute atomic E-state index is 13.1. The van der Waals surface area contributed by atoms with Gasteiger partial charge in [0.2, 0.25) is 5.91 Å². The number of allylic oxidation sites excluding steroid dienone is 1. The van der Waals surface area contributed by atoms with Crippen LogP contribution in [0.5, 0.6) is 5.75 Å². The van der Waals surface area contributed by atoms with Gasteiger partial charge in [0.25, 0.3) is 0 Å². The number of amides is 3. The molecule has 34 heavy (non-hydrogen) atoms. The summed E-state index contributed by atoms with van der Waals surface area (Å²) in [4.78, 5) is 39.4. The zero-order valence-electron chi connectivity index (χ0n) is 20.2. The fourth-order valence-corrected chi connectivity index (χ4v) is 3.91. The Bertz CT molecular complexity index is 1040. The van der Waals surface area contributed by atoms with Gasteiger partial charge in [-0.15, -0.1) is 6.58 Å². The summed E-state index contributed by atoms with van der Waals surface area (Å²) in [5.41, 5.74) is -0.170. The van der Waals surface area contributed by atoms with Crippen molar-refractivity contribution >= 4 is 17.9 Å². The van der Waals surface area contributed by atoms with Crippen molar-refractivity contribution in [1.82, 2.24) is 10.2 Å². The third kappa shape index (κ3) is 5.30. The minimum absolute atomic E-state index is 0.293. The van der Waals surface area contributed by atoms with Crippen molar-refractivity contribution in [3.05, 3.63) is 78.4 Å². The molecule has 0 saturated carbocycles. The van der Waals surface area contributed by atoms with Crippen LogP contribution in [0.4, 0.5) is 4.79 Å². The molecule has 1 fully saturated rings. The fourth-order valence-electron chi connectivity index (χ4n) is 3.91. The van der Waals surface area contributed by atoms with Gasteiger partial charge in [0.05, 0.1) is 5.56 Å². The van der Waals surface area contributed by atoms with Crippen LogP contribution in [0.15, 0.2) is 67.3 Å². The lowest BCUT2D eigenvalue weighted by atomic mass is 9.71. The first-order valence-electron chi connectivity index (χ1n) is 11.4. The first kappa shape index (κ1) is 25.0. The summed E-state index contributed by atoms with van der Waals surface area (Å²) in [7, 11) is 0. The van der Waals surface area contributed by atoms with Crippen LogP contribution in [-0.4, -0.2) is 34.6 Å². The van der Waals surface area contributed by atoms with E-state index < -0.39 is 29.2 Å². The Labute approximate surface area is 200 Å². The van der Waals surface area contributed by atoms with Gasteiger partial charge < -0.3 is 14.8 Å². The molecule has 0 aromatic heterocycles. The molecule has 2 atom stereocenters. The van der Waals surface area contributed by atoms with Gasteiger partial charge in [-0.2, -0.15) is 0 Å². The number of benzene rings is 2. The Morgan fingerprint density at radius 3 is 2.32 bits per heavy atom. The second kappa shape index (κ2) is 10.1. The predicted molar refractivity (Wildman–Crippen MR) is 129 cm³/mol. The van der Waals surface area contributed by atoms with E-state index in [1.165, 1.54) is 0 Å². The topological polar surface area (TPSA) is 84.9 Å². The summed E-state index contributed by atoms with van der Waals surface area (Å²) in [6.45, 7) is 11.4. The third-order valence-corrected chi connectivity index (χ3v) is 5.73. The molecule has 0 radical (unpaired) electrons. The lowest BCUT2D eigenvalue weighted by Crippen LogP contribution is -2.73. The molecule has 1 heterocycles. The van der Waals surface area contributed by atoms with Crippen LogP contribution in [0.3, 0.4) is 0 Å².